The first kappa shape index (κ1) is 23.9. The van der Waals surface area contributed by atoms with Gasteiger partial charge in [-0.3, -0.25) is 14.4 Å². The van der Waals surface area contributed by atoms with Crippen LogP contribution in [0.4, 0.5) is 4.39 Å². The summed E-state index contributed by atoms with van der Waals surface area (Å²) < 4.78 is 20.3. The minimum Gasteiger partial charge on any atom is -0.434 e. The van der Waals surface area contributed by atoms with E-state index in [1.807, 2.05) is 13.8 Å². The van der Waals surface area contributed by atoms with E-state index in [1.165, 1.54) is 32.2 Å². The van der Waals surface area contributed by atoms with Gasteiger partial charge in [-0.05, 0) is 25.0 Å². The van der Waals surface area contributed by atoms with Gasteiger partial charge in [0.05, 0.1) is 23.0 Å². The molecule has 1 aromatic heterocycles. The standard InChI is InChI=1S/C21H21Cl2FN4O4/c1-10(2)13-7-17(25-27(4)21(13)31)32-20-14(22)5-12(6-15(20)23)19-16(29)8-18(30)28(26-19)9-11(3)24/h5-7,10-11H,8-9H2,1-4H3. The number of ketones is 1. The molecule has 1 amide bonds. The highest BCUT2D eigenvalue weighted by atomic mass is 35.5. The van der Waals surface area contributed by atoms with Gasteiger partial charge in [0.1, 0.15) is 11.9 Å². The Balaban J connectivity index is 1.98. The van der Waals surface area contributed by atoms with Gasteiger partial charge in [0.15, 0.2) is 11.5 Å². The molecule has 1 atom stereocenters. The van der Waals surface area contributed by atoms with E-state index in [2.05, 4.69) is 10.2 Å². The summed E-state index contributed by atoms with van der Waals surface area (Å²) in [6, 6.07) is 4.35. The van der Waals surface area contributed by atoms with Crippen molar-refractivity contribution in [3.05, 3.63) is 49.7 Å². The van der Waals surface area contributed by atoms with Gasteiger partial charge in [0, 0.05) is 24.2 Å². The van der Waals surface area contributed by atoms with E-state index in [1.54, 1.807) is 0 Å². The van der Waals surface area contributed by atoms with Gasteiger partial charge >= 0.3 is 0 Å². The molecule has 32 heavy (non-hydrogen) atoms. The second-order valence-corrected chi connectivity index (χ2v) is 8.51. The first-order chi connectivity index (χ1) is 15.0. The molecule has 0 saturated heterocycles. The van der Waals surface area contributed by atoms with Crippen LogP contribution in [0.3, 0.4) is 0 Å². The van der Waals surface area contributed by atoms with Crippen LogP contribution in [0.2, 0.25) is 10.0 Å². The summed E-state index contributed by atoms with van der Waals surface area (Å²) in [5.41, 5.74) is 0.478. The predicted molar refractivity (Wildman–Crippen MR) is 119 cm³/mol. The van der Waals surface area contributed by atoms with Gasteiger partial charge in [0.2, 0.25) is 5.88 Å². The number of aromatic nitrogens is 2. The zero-order valence-corrected chi connectivity index (χ0v) is 19.4. The quantitative estimate of drug-likeness (QED) is 0.582. The Morgan fingerprint density at radius 2 is 1.75 bits per heavy atom. The van der Waals surface area contributed by atoms with Crippen LogP contribution >= 0.6 is 23.2 Å². The number of alkyl halides is 1. The number of aryl methyl sites for hydroxylation is 1. The average Bonchev–Trinajstić information content (AvgIpc) is 2.68. The first-order valence-corrected chi connectivity index (χ1v) is 10.5. The molecule has 0 saturated carbocycles. The van der Waals surface area contributed by atoms with E-state index < -0.39 is 24.3 Å². The van der Waals surface area contributed by atoms with Crippen LogP contribution in [0.15, 0.2) is 28.1 Å². The fraction of sp³-hybridized carbons (Fsp3) is 0.381. The number of hydrazone groups is 1. The summed E-state index contributed by atoms with van der Waals surface area (Å²) in [5, 5.41) is 9.13. The molecule has 170 valence electrons. The zero-order chi connectivity index (χ0) is 23.7. The van der Waals surface area contributed by atoms with Gasteiger partial charge < -0.3 is 4.74 Å². The number of benzene rings is 1. The minimum absolute atomic E-state index is 0.0528. The van der Waals surface area contributed by atoms with E-state index in [-0.39, 0.29) is 51.0 Å². The highest BCUT2D eigenvalue weighted by Crippen LogP contribution is 2.37. The number of hydrogen-bond donors (Lipinski definition) is 0. The van der Waals surface area contributed by atoms with Crippen LogP contribution in [0, 0.1) is 0 Å². The third-order valence-corrected chi connectivity index (χ3v) is 5.24. The number of ether oxygens (including phenoxy) is 1. The Morgan fingerprint density at radius 1 is 1.12 bits per heavy atom. The van der Waals surface area contributed by atoms with Crippen LogP contribution in [0.5, 0.6) is 11.6 Å². The number of amides is 1. The van der Waals surface area contributed by atoms with Crippen molar-refractivity contribution in [2.45, 2.75) is 39.3 Å². The topological polar surface area (TPSA) is 93.9 Å². The molecule has 2 aromatic rings. The normalized spacial score (nSPS) is 15.2. The molecular weight excluding hydrogens is 462 g/mol. The average molecular weight is 483 g/mol. The Hall–Kier alpha value is -2.78. The van der Waals surface area contributed by atoms with Crippen LogP contribution in [-0.2, 0) is 16.6 Å². The monoisotopic (exact) mass is 482 g/mol. The molecular formula is C21H21Cl2FN4O4. The van der Waals surface area contributed by atoms with E-state index >= 15 is 0 Å². The molecule has 0 fully saturated rings. The van der Waals surface area contributed by atoms with Gasteiger partial charge in [-0.1, -0.05) is 37.0 Å². The number of Topliss-reactive ketones (excluding diaryl/α,β-unsaturated/α-hetero) is 1. The lowest BCUT2D eigenvalue weighted by atomic mass is 10.0. The summed E-state index contributed by atoms with van der Waals surface area (Å²) in [7, 11) is 1.51. The molecule has 2 heterocycles. The molecule has 0 N–H and O–H groups in total. The number of halogens is 3. The minimum atomic E-state index is -1.31. The molecule has 1 unspecified atom stereocenters. The molecule has 11 heteroatoms. The van der Waals surface area contributed by atoms with Crippen molar-refractivity contribution >= 4 is 40.6 Å². The largest absolute Gasteiger partial charge is 0.434 e. The van der Waals surface area contributed by atoms with Crippen LogP contribution in [-0.4, -0.2) is 44.9 Å². The number of carbonyl (C=O) groups is 2. The summed E-state index contributed by atoms with van der Waals surface area (Å²) >= 11 is 12.7. The Bertz CT molecular complexity index is 1150. The molecule has 8 nitrogen and oxygen atoms in total. The number of carbonyl (C=O) groups excluding carboxylic acids is 2. The highest BCUT2D eigenvalue weighted by Gasteiger charge is 2.30. The second-order valence-electron chi connectivity index (χ2n) is 7.70. The molecule has 0 radical (unpaired) electrons. The summed E-state index contributed by atoms with van der Waals surface area (Å²) in [6.45, 7) is 4.76. The van der Waals surface area contributed by atoms with Crippen LogP contribution < -0.4 is 10.3 Å². The first-order valence-electron chi connectivity index (χ1n) is 9.79. The maximum absolute atomic E-state index is 13.4. The molecule has 1 aromatic carbocycles. The smallest absolute Gasteiger partial charge is 0.270 e. The van der Waals surface area contributed by atoms with Crippen molar-refractivity contribution in [2.24, 2.45) is 12.1 Å². The maximum Gasteiger partial charge on any atom is 0.270 e. The molecule has 0 bridgehead atoms. The molecule has 0 aliphatic carbocycles. The summed E-state index contributed by atoms with van der Waals surface area (Å²) in [6.07, 6.45) is -1.75. The van der Waals surface area contributed by atoms with Gasteiger partial charge in [0.25, 0.3) is 11.5 Å². The molecule has 0 spiro atoms. The zero-order valence-electron chi connectivity index (χ0n) is 17.9. The lowest BCUT2D eigenvalue weighted by Gasteiger charge is -2.23. The number of nitrogens with zero attached hydrogens (tertiary/aromatic N) is 4. The van der Waals surface area contributed by atoms with Crippen molar-refractivity contribution in [3.8, 4) is 11.6 Å². The van der Waals surface area contributed by atoms with E-state index in [0.717, 1.165) is 9.69 Å². The maximum atomic E-state index is 13.4. The van der Waals surface area contributed by atoms with Crippen molar-refractivity contribution < 1.29 is 18.7 Å². The van der Waals surface area contributed by atoms with Gasteiger partial charge in [-0.25, -0.2) is 14.1 Å². The van der Waals surface area contributed by atoms with Gasteiger partial charge in [-0.15, -0.1) is 5.10 Å². The molecule has 1 aliphatic rings. The fourth-order valence-corrected chi connectivity index (χ4v) is 3.67. The van der Waals surface area contributed by atoms with Crippen molar-refractivity contribution in [2.75, 3.05) is 6.54 Å². The second kappa shape index (κ2) is 9.38. The Labute approximate surface area is 193 Å². The predicted octanol–water partition coefficient (Wildman–Crippen LogP) is 3.87. The number of rotatable bonds is 6. The third kappa shape index (κ3) is 4.99. The Morgan fingerprint density at radius 3 is 2.31 bits per heavy atom. The molecule has 1 aliphatic heterocycles. The fourth-order valence-electron chi connectivity index (χ4n) is 3.11. The summed E-state index contributed by atoms with van der Waals surface area (Å²) in [4.78, 5) is 36.5. The highest BCUT2D eigenvalue weighted by molar-refractivity contribution is 6.50. The SMILES string of the molecule is CC(F)CN1N=C(c2cc(Cl)c(Oc3cc(C(C)C)c(=O)n(C)n3)c(Cl)c2)C(=O)CC1=O. The van der Waals surface area contributed by atoms with Crippen molar-refractivity contribution in [1.82, 2.24) is 14.8 Å². The van der Waals surface area contributed by atoms with E-state index in [4.69, 9.17) is 27.9 Å². The van der Waals surface area contributed by atoms with Crippen LogP contribution in [0.1, 0.15) is 44.2 Å². The number of hydrogen-bond acceptors (Lipinski definition) is 6. The lowest BCUT2D eigenvalue weighted by molar-refractivity contribution is -0.135. The summed E-state index contributed by atoms with van der Waals surface area (Å²) in [5.74, 6) is -0.971. The lowest BCUT2D eigenvalue weighted by Crippen LogP contribution is -2.40. The van der Waals surface area contributed by atoms with Gasteiger partial charge in [-0.2, -0.15) is 5.10 Å². The van der Waals surface area contributed by atoms with E-state index in [9.17, 15) is 18.8 Å². The molecule has 3 rings (SSSR count). The van der Waals surface area contributed by atoms with Crippen molar-refractivity contribution in [3.63, 3.8) is 0 Å². The van der Waals surface area contributed by atoms with Crippen LogP contribution in [0.25, 0.3) is 0 Å². The van der Waals surface area contributed by atoms with Crippen molar-refractivity contribution in [1.29, 1.82) is 0 Å². The van der Waals surface area contributed by atoms with E-state index in [0.29, 0.717) is 5.56 Å². The third-order valence-electron chi connectivity index (χ3n) is 4.68. The Kier molecular flexibility index (Phi) is 7.00.